The van der Waals surface area contributed by atoms with Gasteiger partial charge in [0.15, 0.2) is 18.9 Å². The smallest absolute Gasteiger partial charge is 0.220 e. The van der Waals surface area contributed by atoms with Crippen LogP contribution in [0.4, 0.5) is 0 Å². The summed E-state index contributed by atoms with van der Waals surface area (Å²) in [7, 11) is 0. The number of allylic oxidation sites excluding steroid dienone is 7. The number of aliphatic hydroxyl groups is 11. The Morgan fingerprint density at radius 1 is 0.340 bits per heavy atom. The van der Waals surface area contributed by atoms with Gasteiger partial charge in [-0.2, -0.15) is 0 Å². The highest BCUT2D eigenvalue weighted by Crippen LogP contribution is 2.33. The number of aliphatic hydroxyl groups excluding tert-OH is 11. The van der Waals surface area contributed by atoms with E-state index < -0.39 is 124 Å². The van der Waals surface area contributed by atoms with E-state index in [0.717, 1.165) is 57.8 Å². The first-order valence-electron chi connectivity index (χ1n) is 43.9. The summed E-state index contributed by atoms with van der Waals surface area (Å²) in [4.78, 5) is 13.5. The molecule has 17 atom stereocenters. The van der Waals surface area contributed by atoms with Crippen LogP contribution < -0.4 is 5.32 Å². The van der Waals surface area contributed by atoms with E-state index in [-0.39, 0.29) is 18.9 Å². The van der Waals surface area contributed by atoms with Crippen LogP contribution in [0.1, 0.15) is 367 Å². The van der Waals surface area contributed by atoms with Crippen LogP contribution in [0.2, 0.25) is 0 Å². The highest BCUT2D eigenvalue weighted by molar-refractivity contribution is 5.76. The number of rotatable bonds is 71. The van der Waals surface area contributed by atoms with Crippen LogP contribution in [0.25, 0.3) is 0 Å². The fourth-order valence-electron chi connectivity index (χ4n) is 14.9. The van der Waals surface area contributed by atoms with E-state index in [9.17, 15) is 61.0 Å². The van der Waals surface area contributed by atoms with E-state index >= 15 is 0 Å². The highest BCUT2D eigenvalue weighted by Gasteiger charge is 2.54. The van der Waals surface area contributed by atoms with Gasteiger partial charge < -0.3 is 89.9 Å². The van der Waals surface area contributed by atoms with E-state index in [4.69, 9.17) is 28.4 Å². The number of carbonyl (C=O) groups excluding carboxylic acids is 1. The monoisotopic (exact) mass is 1510 g/mol. The maximum absolute atomic E-state index is 13.5. The fraction of sp³-hybridized carbons (Fsp3) is 0.897. The topological polar surface area (TPSA) is 307 Å². The van der Waals surface area contributed by atoms with Gasteiger partial charge in [0.05, 0.1) is 38.6 Å². The second-order valence-corrected chi connectivity index (χ2v) is 31.4. The van der Waals surface area contributed by atoms with Crippen LogP contribution >= 0.6 is 0 Å². The molecule has 3 rings (SSSR count). The quantitative estimate of drug-likeness (QED) is 0.0199. The van der Waals surface area contributed by atoms with E-state index in [1.54, 1.807) is 6.08 Å². The Labute approximate surface area is 643 Å². The molecule has 3 saturated heterocycles. The third kappa shape index (κ3) is 46.1. The van der Waals surface area contributed by atoms with Gasteiger partial charge in [-0.3, -0.25) is 4.79 Å². The molecule has 0 saturated carbocycles. The van der Waals surface area contributed by atoms with Crippen molar-refractivity contribution >= 4 is 5.91 Å². The van der Waals surface area contributed by atoms with Gasteiger partial charge in [-0.1, -0.05) is 351 Å². The fourth-order valence-corrected chi connectivity index (χ4v) is 14.9. The van der Waals surface area contributed by atoms with Crippen molar-refractivity contribution in [2.45, 2.75) is 471 Å². The van der Waals surface area contributed by atoms with Crippen LogP contribution in [-0.4, -0.2) is 193 Å². The molecule has 12 N–H and O–H groups in total. The lowest BCUT2D eigenvalue weighted by Gasteiger charge is -2.48. The average molecular weight is 1510 g/mol. The largest absolute Gasteiger partial charge is 0.394 e. The van der Waals surface area contributed by atoms with Crippen molar-refractivity contribution in [3.8, 4) is 0 Å². The molecule has 3 fully saturated rings. The average Bonchev–Trinajstić information content (AvgIpc) is 0.780. The molecule has 0 radical (unpaired) electrons. The Balaban J connectivity index is 1.32. The van der Waals surface area contributed by atoms with Crippen molar-refractivity contribution < 1.29 is 89.4 Å². The molecular formula is C87H161NO18. The number of unbranched alkanes of at least 4 members (excludes halogenated alkanes) is 49. The van der Waals surface area contributed by atoms with E-state index in [1.165, 1.54) is 283 Å². The van der Waals surface area contributed by atoms with E-state index in [0.29, 0.717) is 6.42 Å². The van der Waals surface area contributed by atoms with Crippen molar-refractivity contribution in [3.05, 3.63) is 48.6 Å². The standard InChI is InChI=1S/C87H161NO18/c1-3-5-7-9-11-13-15-17-19-21-23-25-27-29-30-31-32-33-34-35-36-37-38-39-40-41-43-45-47-49-51-53-55-57-59-61-63-65-75(93)88-70(71(92)64-62-60-58-56-54-52-50-48-46-44-42-28-26-24-22-20-18-16-14-12-10-8-6-4-2)69-101-85-81(99)78(96)83(73(67-90)103-85)106-87-82(100)79(97)84(74(68-91)104-87)105-86-80(98)77(95)76(94)72(66-89)102-86/h15,17,21,23,27,29,62,64,70-74,76-87,89-92,94-100H,3-14,16,18-20,22,24-26,28,30-61,63,65-69H2,1-2H3,(H,88,93)/b17-15-,23-21-,29-27-,64-62+. The van der Waals surface area contributed by atoms with Crippen molar-refractivity contribution in [1.29, 1.82) is 0 Å². The number of hydrogen-bond donors (Lipinski definition) is 12. The zero-order valence-electron chi connectivity index (χ0n) is 66.9. The lowest BCUT2D eigenvalue weighted by molar-refractivity contribution is -0.379. The molecule has 0 aromatic heterocycles. The second-order valence-electron chi connectivity index (χ2n) is 31.4. The summed E-state index contributed by atoms with van der Waals surface area (Å²) in [6, 6.07) is -0.974. The Bertz CT molecular complexity index is 2100. The zero-order chi connectivity index (χ0) is 76.7. The third-order valence-corrected chi connectivity index (χ3v) is 21.9. The van der Waals surface area contributed by atoms with Crippen molar-refractivity contribution in [2.75, 3.05) is 26.4 Å². The molecule has 3 aliphatic rings. The molecule has 0 aliphatic carbocycles. The molecule has 1 amide bonds. The Hall–Kier alpha value is -2.25. The van der Waals surface area contributed by atoms with Gasteiger partial charge in [0.25, 0.3) is 0 Å². The summed E-state index contributed by atoms with van der Waals surface area (Å²) in [6.07, 6.45) is 59.7. The van der Waals surface area contributed by atoms with Crippen LogP contribution in [0.5, 0.6) is 0 Å². The maximum atomic E-state index is 13.5. The number of ether oxygens (including phenoxy) is 6. The van der Waals surface area contributed by atoms with Gasteiger partial charge >= 0.3 is 0 Å². The summed E-state index contributed by atoms with van der Waals surface area (Å²) in [6.45, 7) is 1.78. The molecule has 0 spiro atoms. The number of amides is 1. The predicted molar refractivity (Wildman–Crippen MR) is 425 cm³/mol. The lowest BCUT2D eigenvalue weighted by Crippen LogP contribution is -2.66. The minimum atomic E-state index is -1.98. The van der Waals surface area contributed by atoms with Crippen molar-refractivity contribution in [3.63, 3.8) is 0 Å². The van der Waals surface area contributed by atoms with Gasteiger partial charge in [0, 0.05) is 6.42 Å². The summed E-state index contributed by atoms with van der Waals surface area (Å²) in [5.41, 5.74) is 0. The predicted octanol–water partition coefficient (Wildman–Crippen LogP) is 16.0. The Kier molecular flexibility index (Phi) is 62.2. The van der Waals surface area contributed by atoms with Gasteiger partial charge in [-0.25, -0.2) is 0 Å². The minimum absolute atomic E-state index is 0.247. The third-order valence-electron chi connectivity index (χ3n) is 21.9. The van der Waals surface area contributed by atoms with Gasteiger partial charge in [-0.05, 0) is 57.8 Å². The molecule has 19 heteroatoms. The minimum Gasteiger partial charge on any atom is -0.394 e. The van der Waals surface area contributed by atoms with Gasteiger partial charge in [0.2, 0.25) is 5.91 Å². The van der Waals surface area contributed by atoms with Crippen LogP contribution in [0.15, 0.2) is 48.6 Å². The molecular weight excluding hydrogens is 1350 g/mol. The molecule has 0 aromatic carbocycles. The molecule has 19 nitrogen and oxygen atoms in total. The van der Waals surface area contributed by atoms with Crippen LogP contribution in [-0.2, 0) is 33.2 Å². The van der Waals surface area contributed by atoms with Crippen LogP contribution in [0, 0.1) is 0 Å². The first kappa shape index (κ1) is 97.9. The van der Waals surface area contributed by atoms with Gasteiger partial charge in [0.1, 0.15) is 73.2 Å². The summed E-state index contributed by atoms with van der Waals surface area (Å²) in [5.74, 6) is -0.268. The molecule has 622 valence electrons. The molecule has 3 aliphatic heterocycles. The Morgan fingerprint density at radius 3 is 0.972 bits per heavy atom. The number of nitrogens with one attached hydrogen (secondary N) is 1. The molecule has 0 aromatic rings. The highest BCUT2D eigenvalue weighted by atomic mass is 16.8. The summed E-state index contributed by atoms with van der Waals surface area (Å²) < 4.78 is 34.5. The Morgan fingerprint density at radius 2 is 0.623 bits per heavy atom. The molecule has 3 heterocycles. The maximum Gasteiger partial charge on any atom is 0.220 e. The number of carbonyl (C=O) groups is 1. The normalized spacial score (nSPS) is 25.8. The van der Waals surface area contributed by atoms with Crippen molar-refractivity contribution in [1.82, 2.24) is 5.32 Å². The molecule has 106 heavy (non-hydrogen) atoms. The molecule has 0 bridgehead atoms. The lowest BCUT2D eigenvalue weighted by atomic mass is 9.96. The number of hydrogen-bond acceptors (Lipinski definition) is 18. The summed E-state index contributed by atoms with van der Waals surface area (Å²) >= 11 is 0. The second kappa shape index (κ2) is 67.3. The van der Waals surface area contributed by atoms with Crippen molar-refractivity contribution in [2.24, 2.45) is 0 Å². The SMILES string of the molecule is CCCCCCC/C=C\C/C=C\C/C=C\CCCCCCCCCCCCCCCCCCCCCCCCC(=O)NC(COC1OC(CO)C(OC2OC(CO)C(OC3OC(CO)C(O)C(O)C3O)C(O)C2O)C(O)C1O)C(O)/C=C/CCCCCCCCCCCCCCCCCCCCCCCC. The molecule has 17 unspecified atom stereocenters. The first-order valence-corrected chi connectivity index (χ1v) is 43.9. The van der Waals surface area contributed by atoms with Gasteiger partial charge in [-0.15, -0.1) is 0 Å². The van der Waals surface area contributed by atoms with Crippen LogP contribution in [0.3, 0.4) is 0 Å². The van der Waals surface area contributed by atoms with E-state index in [1.807, 2.05) is 6.08 Å². The van der Waals surface area contributed by atoms with E-state index in [2.05, 4.69) is 55.6 Å². The zero-order valence-corrected chi connectivity index (χ0v) is 66.9. The first-order chi connectivity index (χ1) is 51.8. The summed E-state index contributed by atoms with van der Waals surface area (Å²) in [5, 5.41) is 121.